The first kappa shape index (κ1) is 18.7. The molecule has 0 aromatic heterocycles. The van der Waals surface area contributed by atoms with Crippen LogP contribution >= 0.6 is 0 Å². The second-order valence-corrected chi connectivity index (χ2v) is 6.57. The van der Waals surface area contributed by atoms with Gasteiger partial charge in [0.1, 0.15) is 0 Å². The fraction of sp³-hybridized carbons (Fsp3) is 0.333. The van der Waals surface area contributed by atoms with E-state index in [0.717, 1.165) is 27.9 Å². The van der Waals surface area contributed by atoms with Crippen LogP contribution in [-0.2, 0) is 9.53 Å². The smallest absolute Gasteiger partial charge is 0.338 e. The number of carbonyl (C=O) groups is 2. The van der Waals surface area contributed by atoms with Crippen LogP contribution < -0.4 is 5.32 Å². The van der Waals surface area contributed by atoms with Crippen molar-refractivity contribution in [2.45, 2.75) is 40.5 Å². The molecular formula is C21H25NO3. The van der Waals surface area contributed by atoms with E-state index in [1.165, 1.54) is 0 Å². The van der Waals surface area contributed by atoms with Gasteiger partial charge >= 0.3 is 5.97 Å². The third-order valence-corrected chi connectivity index (χ3v) is 4.35. The molecule has 0 saturated carbocycles. The van der Waals surface area contributed by atoms with Crippen LogP contribution in [0.2, 0.25) is 0 Å². The normalized spacial score (nSPS) is 10.6. The lowest BCUT2D eigenvalue weighted by Gasteiger charge is -2.16. The van der Waals surface area contributed by atoms with E-state index in [-0.39, 0.29) is 18.4 Å². The monoisotopic (exact) mass is 339 g/mol. The molecule has 4 heteroatoms. The summed E-state index contributed by atoms with van der Waals surface area (Å²) < 4.78 is 5.19. The summed E-state index contributed by atoms with van der Waals surface area (Å²) in [7, 11) is 0. The lowest BCUT2D eigenvalue weighted by atomic mass is 9.98. The van der Waals surface area contributed by atoms with Gasteiger partial charge in [-0.05, 0) is 55.0 Å². The molecule has 1 N–H and O–H groups in total. The number of aryl methyl sites for hydroxylation is 2. The van der Waals surface area contributed by atoms with Gasteiger partial charge in [-0.15, -0.1) is 0 Å². The summed E-state index contributed by atoms with van der Waals surface area (Å²) in [6, 6.07) is 11.4. The number of benzene rings is 2. The molecule has 2 aromatic rings. The van der Waals surface area contributed by atoms with E-state index in [1.807, 2.05) is 45.0 Å². The molecule has 0 bridgehead atoms. The number of hydrogen-bond acceptors (Lipinski definition) is 3. The number of para-hydroxylation sites is 1. The SMILES string of the molecule is Cc1cccc(C(=O)OCC(=O)Nc2c(C)cccc2C(C)C)c1C. The van der Waals surface area contributed by atoms with E-state index in [2.05, 4.69) is 19.2 Å². The van der Waals surface area contributed by atoms with Crippen molar-refractivity contribution in [1.82, 2.24) is 0 Å². The number of hydrogen-bond donors (Lipinski definition) is 1. The highest BCUT2D eigenvalue weighted by Gasteiger charge is 2.16. The number of anilines is 1. The van der Waals surface area contributed by atoms with Gasteiger partial charge in [0.15, 0.2) is 6.61 Å². The first-order chi connectivity index (χ1) is 11.8. The zero-order valence-corrected chi connectivity index (χ0v) is 15.5. The number of rotatable bonds is 5. The Morgan fingerprint density at radius 3 is 2.32 bits per heavy atom. The molecule has 1 amide bonds. The Hall–Kier alpha value is -2.62. The Morgan fingerprint density at radius 2 is 1.64 bits per heavy atom. The van der Waals surface area contributed by atoms with Crippen molar-refractivity contribution in [3.05, 3.63) is 64.2 Å². The molecule has 0 saturated heterocycles. The van der Waals surface area contributed by atoms with Crippen LogP contribution in [0.5, 0.6) is 0 Å². The summed E-state index contributed by atoms with van der Waals surface area (Å²) in [6.07, 6.45) is 0. The summed E-state index contributed by atoms with van der Waals surface area (Å²) in [5, 5.41) is 2.88. The van der Waals surface area contributed by atoms with Crippen molar-refractivity contribution in [3.8, 4) is 0 Å². The zero-order valence-electron chi connectivity index (χ0n) is 15.5. The summed E-state index contributed by atoms with van der Waals surface area (Å²) in [6.45, 7) is 9.59. The third-order valence-electron chi connectivity index (χ3n) is 4.35. The van der Waals surface area contributed by atoms with Crippen molar-refractivity contribution in [2.75, 3.05) is 11.9 Å². The van der Waals surface area contributed by atoms with E-state index in [1.54, 1.807) is 12.1 Å². The molecule has 2 aromatic carbocycles. The van der Waals surface area contributed by atoms with Crippen LogP contribution in [-0.4, -0.2) is 18.5 Å². The highest BCUT2D eigenvalue weighted by molar-refractivity contribution is 5.97. The average Bonchev–Trinajstić information content (AvgIpc) is 2.56. The number of esters is 1. The number of nitrogens with one attached hydrogen (secondary N) is 1. The average molecular weight is 339 g/mol. The molecular weight excluding hydrogens is 314 g/mol. The molecule has 0 atom stereocenters. The molecule has 0 spiro atoms. The quantitative estimate of drug-likeness (QED) is 0.814. The fourth-order valence-electron chi connectivity index (χ4n) is 2.70. The van der Waals surface area contributed by atoms with Gasteiger partial charge in [0.05, 0.1) is 5.56 Å². The van der Waals surface area contributed by atoms with Gasteiger partial charge in [-0.25, -0.2) is 4.79 Å². The van der Waals surface area contributed by atoms with Crippen LogP contribution in [0, 0.1) is 20.8 Å². The van der Waals surface area contributed by atoms with E-state index >= 15 is 0 Å². The Morgan fingerprint density at radius 1 is 1.00 bits per heavy atom. The molecule has 4 nitrogen and oxygen atoms in total. The van der Waals surface area contributed by atoms with Crippen molar-refractivity contribution < 1.29 is 14.3 Å². The van der Waals surface area contributed by atoms with Crippen molar-refractivity contribution in [3.63, 3.8) is 0 Å². The predicted molar refractivity (Wildman–Crippen MR) is 100 cm³/mol. The third kappa shape index (κ3) is 4.47. The zero-order chi connectivity index (χ0) is 18.6. The lowest BCUT2D eigenvalue weighted by molar-refractivity contribution is -0.119. The summed E-state index contributed by atoms with van der Waals surface area (Å²) in [4.78, 5) is 24.5. The number of ether oxygens (including phenoxy) is 1. The summed E-state index contributed by atoms with van der Waals surface area (Å²) in [5.74, 6) is -0.534. The van der Waals surface area contributed by atoms with Gasteiger partial charge in [-0.2, -0.15) is 0 Å². The van der Waals surface area contributed by atoms with E-state index in [0.29, 0.717) is 5.56 Å². The standard InChI is InChI=1S/C21H25NO3/c1-13(2)17-10-7-9-15(4)20(17)22-19(23)12-25-21(24)18-11-6-8-14(3)16(18)5/h6-11,13H,12H2,1-5H3,(H,22,23). The van der Waals surface area contributed by atoms with Gasteiger partial charge in [0.2, 0.25) is 0 Å². The predicted octanol–water partition coefficient (Wildman–Crippen LogP) is 4.53. The molecule has 0 fully saturated rings. The van der Waals surface area contributed by atoms with Crippen molar-refractivity contribution in [2.24, 2.45) is 0 Å². The first-order valence-corrected chi connectivity index (χ1v) is 8.44. The maximum atomic E-state index is 12.2. The maximum Gasteiger partial charge on any atom is 0.338 e. The van der Waals surface area contributed by atoms with Crippen molar-refractivity contribution >= 4 is 17.6 Å². The van der Waals surface area contributed by atoms with Gasteiger partial charge in [0, 0.05) is 5.69 Å². The van der Waals surface area contributed by atoms with Gasteiger partial charge in [-0.3, -0.25) is 4.79 Å². The first-order valence-electron chi connectivity index (χ1n) is 8.44. The molecule has 2 rings (SSSR count). The van der Waals surface area contributed by atoms with Crippen LogP contribution in [0.4, 0.5) is 5.69 Å². The molecule has 0 aliphatic rings. The number of carbonyl (C=O) groups excluding carboxylic acids is 2. The van der Waals surface area contributed by atoms with E-state index < -0.39 is 5.97 Å². The molecule has 0 aliphatic heterocycles. The van der Waals surface area contributed by atoms with Crippen LogP contribution in [0.1, 0.15) is 52.4 Å². The molecule has 0 aliphatic carbocycles. The minimum atomic E-state index is -0.481. The summed E-state index contributed by atoms with van der Waals surface area (Å²) >= 11 is 0. The van der Waals surface area contributed by atoms with Crippen LogP contribution in [0.15, 0.2) is 36.4 Å². The van der Waals surface area contributed by atoms with Crippen molar-refractivity contribution in [1.29, 1.82) is 0 Å². The largest absolute Gasteiger partial charge is 0.452 e. The topological polar surface area (TPSA) is 55.4 Å². The van der Waals surface area contributed by atoms with E-state index in [4.69, 9.17) is 4.74 Å². The molecule has 0 unspecified atom stereocenters. The molecule has 0 radical (unpaired) electrons. The highest BCUT2D eigenvalue weighted by atomic mass is 16.5. The Kier molecular flexibility index (Phi) is 5.97. The fourth-order valence-corrected chi connectivity index (χ4v) is 2.70. The Bertz CT molecular complexity index is 794. The minimum absolute atomic E-state index is 0.285. The number of amides is 1. The maximum absolute atomic E-state index is 12.2. The Labute approximate surface area is 149 Å². The van der Waals surface area contributed by atoms with Crippen LogP contribution in [0.25, 0.3) is 0 Å². The van der Waals surface area contributed by atoms with Gasteiger partial charge in [-0.1, -0.05) is 44.2 Å². The molecule has 132 valence electrons. The lowest BCUT2D eigenvalue weighted by Crippen LogP contribution is -2.22. The second-order valence-electron chi connectivity index (χ2n) is 6.57. The van der Waals surface area contributed by atoms with Crippen LogP contribution in [0.3, 0.4) is 0 Å². The van der Waals surface area contributed by atoms with Gasteiger partial charge < -0.3 is 10.1 Å². The highest BCUT2D eigenvalue weighted by Crippen LogP contribution is 2.27. The molecule has 25 heavy (non-hydrogen) atoms. The minimum Gasteiger partial charge on any atom is -0.452 e. The second kappa shape index (κ2) is 7.97. The van der Waals surface area contributed by atoms with E-state index in [9.17, 15) is 9.59 Å². The molecule has 0 heterocycles. The Balaban J connectivity index is 2.05. The van der Waals surface area contributed by atoms with Gasteiger partial charge in [0.25, 0.3) is 5.91 Å². The summed E-state index contributed by atoms with van der Waals surface area (Å²) in [5.41, 5.74) is 5.22.